The monoisotopic (exact) mass is 288 g/mol. The summed E-state index contributed by atoms with van der Waals surface area (Å²) in [4.78, 5) is 14.2. The fourth-order valence-electron chi connectivity index (χ4n) is 2.09. The number of allylic oxidation sites excluding steroid dienone is 1. The van der Waals surface area contributed by atoms with E-state index >= 15 is 0 Å². The topological polar surface area (TPSA) is 53.3 Å². The first-order valence-corrected chi connectivity index (χ1v) is 7.34. The van der Waals surface area contributed by atoms with Crippen LogP contribution in [0.15, 0.2) is 28.7 Å². The highest BCUT2D eigenvalue weighted by Crippen LogP contribution is 2.35. The summed E-state index contributed by atoms with van der Waals surface area (Å²) < 4.78 is 5.13. The largest absolute Gasteiger partial charge is 0.383 e. The molecule has 104 valence electrons. The number of nitriles is 1. The molecule has 0 unspecified atom stereocenters. The number of benzene rings is 1. The SMILES string of the molecule is COCCN1CCSc2cc(/C=C(\C#N)C=O)ccc21. The van der Waals surface area contributed by atoms with Crippen molar-refractivity contribution in [3.8, 4) is 6.07 Å². The van der Waals surface area contributed by atoms with Crippen molar-refractivity contribution in [1.29, 1.82) is 5.26 Å². The average molecular weight is 288 g/mol. The molecule has 0 aromatic heterocycles. The number of fused-ring (bicyclic) bond motifs is 1. The molecular weight excluding hydrogens is 272 g/mol. The Kier molecular flexibility index (Phi) is 5.22. The third kappa shape index (κ3) is 3.41. The summed E-state index contributed by atoms with van der Waals surface area (Å²) in [6.07, 6.45) is 2.19. The van der Waals surface area contributed by atoms with Gasteiger partial charge >= 0.3 is 0 Å². The molecule has 0 amide bonds. The van der Waals surface area contributed by atoms with Crippen LogP contribution in [-0.4, -0.2) is 38.8 Å². The van der Waals surface area contributed by atoms with E-state index in [1.165, 1.54) is 10.6 Å². The van der Waals surface area contributed by atoms with Gasteiger partial charge in [-0.15, -0.1) is 11.8 Å². The van der Waals surface area contributed by atoms with Crippen molar-refractivity contribution < 1.29 is 9.53 Å². The summed E-state index contributed by atoms with van der Waals surface area (Å²) in [5.41, 5.74) is 2.22. The maximum absolute atomic E-state index is 10.7. The van der Waals surface area contributed by atoms with Gasteiger partial charge in [0.05, 0.1) is 17.9 Å². The number of nitrogens with zero attached hydrogens (tertiary/aromatic N) is 2. The molecule has 1 heterocycles. The fourth-order valence-corrected chi connectivity index (χ4v) is 3.19. The van der Waals surface area contributed by atoms with Crippen LogP contribution in [0.2, 0.25) is 0 Å². The van der Waals surface area contributed by atoms with E-state index in [1.807, 2.05) is 24.3 Å². The lowest BCUT2D eigenvalue weighted by molar-refractivity contribution is -0.104. The third-order valence-corrected chi connectivity index (χ3v) is 4.11. The zero-order chi connectivity index (χ0) is 14.4. The van der Waals surface area contributed by atoms with Gasteiger partial charge in [-0.2, -0.15) is 5.26 Å². The van der Waals surface area contributed by atoms with E-state index in [4.69, 9.17) is 10.00 Å². The van der Waals surface area contributed by atoms with Gasteiger partial charge < -0.3 is 9.64 Å². The molecule has 1 aromatic carbocycles. The number of carbonyl (C=O) groups is 1. The molecule has 0 spiro atoms. The molecule has 20 heavy (non-hydrogen) atoms. The summed E-state index contributed by atoms with van der Waals surface area (Å²) in [6.45, 7) is 2.58. The summed E-state index contributed by atoms with van der Waals surface area (Å²) >= 11 is 1.80. The zero-order valence-electron chi connectivity index (χ0n) is 11.3. The van der Waals surface area contributed by atoms with Gasteiger partial charge in [-0.3, -0.25) is 4.79 Å². The van der Waals surface area contributed by atoms with Crippen molar-refractivity contribution in [3.63, 3.8) is 0 Å². The number of aldehydes is 1. The van der Waals surface area contributed by atoms with Crippen LogP contribution in [0, 0.1) is 11.3 Å². The summed E-state index contributed by atoms with van der Waals surface area (Å²) in [6, 6.07) is 7.88. The highest BCUT2D eigenvalue weighted by Gasteiger charge is 2.17. The Bertz CT molecular complexity index is 563. The lowest BCUT2D eigenvalue weighted by atomic mass is 10.1. The van der Waals surface area contributed by atoms with Crippen LogP contribution in [0.1, 0.15) is 5.56 Å². The van der Waals surface area contributed by atoms with E-state index in [-0.39, 0.29) is 5.57 Å². The first-order valence-electron chi connectivity index (χ1n) is 6.36. The van der Waals surface area contributed by atoms with Gasteiger partial charge in [0, 0.05) is 30.8 Å². The lowest BCUT2D eigenvalue weighted by Gasteiger charge is -2.30. The molecule has 0 aliphatic carbocycles. The van der Waals surface area contributed by atoms with E-state index in [0.717, 1.165) is 24.4 Å². The molecule has 0 saturated heterocycles. The van der Waals surface area contributed by atoms with Gasteiger partial charge in [0.15, 0.2) is 6.29 Å². The van der Waals surface area contributed by atoms with Crippen molar-refractivity contribution in [3.05, 3.63) is 29.3 Å². The second-order valence-corrected chi connectivity index (χ2v) is 5.52. The van der Waals surface area contributed by atoms with Crippen molar-refractivity contribution >= 4 is 29.8 Å². The average Bonchev–Trinajstić information content (AvgIpc) is 2.50. The minimum Gasteiger partial charge on any atom is -0.383 e. The molecule has 0 N–H and O–H groups in total. The van der Waals surface area contributed by atoms with Crippen LogP contribution in [-0.2, 0) is 9.53 Å². The molecule has 1 aliphatic heterocycles. The Hall–Kier alpha value is -1.77. The Morgan fingerprint density at radius 1 is 1.60 bits per heavy atom. The first kappa shape index (κ1) is 14.6. The Morgan fingerprint density at radius 2 is 2.45 bits per heavy atom. The van der Waals surface area contributed by atoms with Crippen molar-refractivity contribution in [2.24, 2.45) is 0 Å². The van der Waals surface area contributed by atoms with Gasteiger partial charge in [-0.25, -0.2) is 0 Å². The van der Waals surface area contributed by atoms with Gasteiger partial charge in [-0.1, -0.05) is 6.07 Å². The molecule has 0 saturated carbocycles. The highest BCUT2D eigenvalue weighted by atomic mass is 32.2. The maximum atomic E-state index is 10.7. The molecule has 1 aromatic rings. The van der Waals surface area contributed by atoms with E-state index in [9.17, 15) is 4.79 Å². The summed E-state index contributed by atoms with van der Waals surface area (Å²) in [5.74, 6) is 1.03. The lowest BCUT2D eigenvalue weighted by Crippen LogP contribution is -2.32. The highest BCUT2D eigenvalue weighted by molar-refractivity contribution is 7.99. The second-order valence-electron chi connectivity index (χ2n) is 4.38. The van der Waals surface area contributed by atoms with E-state index in [2.05, 4.69) is 4.90 Å². The normalized spacial score (nSPS) is 14.6. The van der Waals surface area contributed by atoms with Crippen LogP contribution in [0.3, 0.4) is 0 Å². The van der Waals surface area contributed by atoms with Gasteiger partial charge in [0.25, 0.3) is 0 Å². The molecule has 0 bridgehead atoms. The van der Waals surface area contributed by atoms with Gasteiger partial charge in [0.2, 0.25) is 0 Å². The van der Waals surface area contributed by atoms with Crippen LogP contribution < -0.4 is 4.90 Å². The Balaban J connectivity index is 2.25. The van der Waals surface area contributed by atoms with Crippen molar-refractivity contribution in [1.82, 2.24) is 0 Å². The van der Waals surface area contributed by atoms with Crippen LogP contribution in [0.4, 0.5) is 5.69 Å². The molecule has 4 nitrogen and oxygen atoms in total. The minimum absolute atomic E-state index is 0.141. The van der Waals surface area contributed by atoms with E-state index in [1.54, 1.807) is 24.9 Å². The van der Waals surface area contributed by atoms with Crippen LogP contribution >= 0.6 is 11.8 Å². The fraction of sp³-hybridized carbons (Fsp3) is 0.333. The third-order valence-electron chi connectivity index (χ3n) is 3.09. The maximum Gasteiger partial charge on any atom is 0.160 e. The number of anilines is 1. The van der Waals surface area contributed by atoms with Crippen molar-refractivity contribution in [2.45, 2.75) is 4.90 Å². The molecule has 1 aliphatic rings. The first-order chi connectivity index (χ1) is 9.78. The minimum atomic E-state index is 0.141. The molecule has 2 rings (SSSR count). The molecule has 0 atom stereocenters. The molecular formula is C15H16N2O2S. The van der Waals surface area contributed by atoms with Crippen LogP contribution in [0.25, 0.3) is 6.08 Å². The predicted octanol–water partition coefficient (Wildman–Crippen LogP) is 2.35. The Labute approximate surface area is 123 Å². The number of ether oxygens (including phenoxy) is 1. The number of hydrogen-bond donors (Lipinski definition) is 0. The zero-order valence-corrected chi connectivity index (χ0v) is 12.2. The number of methoxy groups -OCH3 is 1. The molecule has 5 heteroatoms. The van der Waals surface area contributed by atoms with Crippen LogP contribution in [0.5, 0.6) is 0 Å². The predicted molar refractivity (Wildman–Crippen MR) is 80.9 cm³/mol. The quantitative estimate of drug-likeness (QED) is 0.473. The molecule has 0 radical (unpaired) electrons. The number of rotatable bonds is 5. The summed E-state index contributed by atoms with van der Waals surface area (Å²) in [7, 11) is 1.70. The number of carbonyl (C=O) groups excluding carboxylic acids is 1. The van der Waals surface area contributed by atoms with Gasteiger partial charge in [-0.05, 0) is 23.8 Å². The van der Waals surface area contributed by atoms with Crippen molar-refractivity contribution in [2.75, 3.05) is 37.5 Å². The second kappa shape index (κ2) is 7.13. The standard InChI is InChI=1S/C15H16N2O2S/c1-19-6-4-17-5-7-20-15-9-12(2-3-14(15)17)8-13(10-16)11-18/h2-3,8-9,11H,4-7H2,1H3/b13-8+. The smallest absolute Gasteiger partial charge is 0.160 e. The molecule has 0 fully saturated rings. The van der Waals surface area contributed by atoms with E-state index in [0.29, 0.717) is 12.9 Å². The van der Waals surface area contributed by atoms with E-state index < -0.39 is 0 Å². The number of thioether (sulfide) groups is 1. The summed E-state index contributed by atoms with van der Waals surface area (Å²) in [5, 5.41) is 8.79. The Morgan fingerprint density at radius 3 is 3.15 bits per heavy atom. The van der Waals surface area contributed by atoms with Gasteiger partial charge in [0.1, 0.15) is 6.07 Å². The number of hydrogen-bond acceptors (Lipinski definition) is 5.